The first-order chi connectivity index (χ1) is 8.22. The molecule has 0 spiro atoms. The number of ether oxygens (including phenoxy) is 1. The van der Waals surface area contributed by atoms with Crippen LogP contribution in [-0.4, -0.2) is 25.2 Å². The molecule has 1 fully saturated rings. The summed E-state index contributed by atoms with van der Waals surface area (Å²) in [5.74, 6) is 0.711. The standard InChI is InChI=1S/C14H27NO2/c1-3-4-5-6-7-12(2)17-14(16)11-15-10-13-8-9-13/h12-13,15H,3-11H2,1-2H3. The third-order valence-corrected chi connectivity index (χ3v) is 3.20. The van der Waals surface area contributed by atoms with Crippen molar-refractivity contribution >= 4 is 5.97 Å². The molecular weight excluding hydrogens is 214 g/mol. The second-order valence-corrected chi connectivity index (χ2v) is 5.22. The Kier molecular flexibility index (Phi) is 7.25. The summed E-state index contributed by atoms with van der Waals surface area (Å²) in [5, 5.41) is 3.15. The van der Waals surface area contributed by atoms with E-state index >= 15 is 0 Å². The highest BCUT2D eigenvalue weighted by atomic mass is 16.5. The largest absolute Gasteiger partial charge is 0.462 e. The van der Waals surface area contributed by atoms with Gasteiger partial charge >= 0.3 is 5.97 Å². The molecule has 1 saturated carbocycles. The molecule has 0 heterocycles. The highest BCUT2D eigenvalue weighted by Gasteiger charge is 2.20. The zero-order valence-corrected chi connectivity index (χ0v) is 11.3. The maximum Gasteiger partial charge on any atom is 0.320 e. The lowest BCUT2D eigenvalue weighted by atomic mass is 10.1. The van der Waals surface area contributed by atoms with Gasteiger partial charge in [-0.2, -0.15) is 0 Å². The Labute approximate surface area is 105 Å². The van der Waals surface area contributed by atoms with Gasteiger partial charge in [-0.05, 0) is 45.1 Å². The molecule has 0 saturated heterocycles. The van der Waals surface area contributed by atoms with Crippen LogP contribution in [0.25, 0.3) is 0 Å². The van der Waals surface area contributed by atoms with Crippen LogP contribution in [0.5, 0.6) is 0 Å². The van der Waals surface area contributed by atoms with Crippen LogP contribution in [0.15, 0.2) is 0 Å². The monoisotopic (exact) mass is 241 g/mol. The summed E-state index contributed by atoms with van der Waals surface area (Å²) in [6, 6.07) is 0. The van der Waals surface area contributed by atoms with Gasteiger partial charge in [0.05, 0.1) is 12.6 Å². The first-order valence-electron chi connectivity index (χ1n) is 7.12. The Morgan fingerprint density at radius 2 is 2.12 bits per heavy atom. The molecule has 0 aromatic heterocycles. The van der Waals surface area contributed by atoms with Crippen molar-refractivity contribution in [1.29, 1.82) is 0 Å². The molecule has 0 radical (unpaired) electrons. The van der Waals surface area contributed by atoms with Gasteiger partial charge in [0.1, 0.15) is 0 Å². The number of nitrogens with one attached hydrogen (secondary N) is 1. The van der Waals surface area contributed by atoms with Crippen LogP contribution >= 0.6 is 0 Å². The lowest BCUT2D eigenvalue weighted by Gasteiger charge is -2.13. The van der Waals surface area contributed by atoms with Gasteiger partial charge in [0.2, 0.25) is 0 Å². The van der Waals surface area contributed by atoms with Crippen LogP contribution in [0.2, 0.25) is 0 Å². The Hall–Kier alpha value is -0.570. The summed E-state index contributed by atoms with van der Waals surface area (Å²) in [4.78, 5) is 11.5. The molecule has 3 heteroatoms. The summed E-state index contributed by atoms with van der Waals surface area (Å²) < 4.78 is 5.33. The molecule has 0 bridgehead atoms. The second-order valence-electron chi connectivity index (χ2n) is 5.22. The fourth-order valence-electron chi connectivity index (χ4n) is 1.88. The van der Waals surface area contributed by atoms with Crippen molar-refractivity contribution in [3.63, 3.8) is 0 Å². The van der Waals surface area contributed by atoms with Crippen molar-refractivity contribution in [1.82, 2.24) is 5.32 Å². The molecule has 1 rings (SSSR count). The SMILES string of the molecule is CCCCCCC(C)OC(=O)CNCC1CC1. The molecule has 1 atom stereocenters. The van der Waals surface area contributed by atoms with E-state index in [1.807, 2.05) is 6.92 Å². The van der Waals surface area contributed by atoms with Crippen molar-refractivity contribution in [2.75, 3.05) is 13.1 Å². The highest BCUT2D eigenvalue weighted by Crippen LogP contribution is 2.27. The zero-order valence-electron chi connectivity index (χ0n) is 11.3. The van der Waals surface area contributed by atoms with E-state index < -0.39 is 0 Å². The number of esters is 1. The van der Waals surface area contributed by atoms with Crippen molar-refractivity contribution in [2.45, 2.75) is 64.9 Å². The fourth-order valence-corrected chi connectivity index (χ4v) is 1.88. The third-order valence-electron chi connectivity index (χ3n) is 3.20. The lowest BCUT2D eigenvalue weighted by Crippen LogP contribution is -2.28. The van der Waals surface area contributed by atoms with E-state index in [2.05, 4.69) is 12.2 Å². The number of carbonyl (C=O) groups is 1. The molecule has 100 valence electrons. The van der Waals surface area contributed by atoms with E-state index in [4.69, 9.17) is 4.74 Å². The number of rotatable bonds is 10. The predicted molar refractivity (Wildman–Crippen MR) is 69.9 cm³/mol. The summed E-state index contributed by atoms with van der Waals surface area (Å²) in [6.45, 7) is 5.54. The molecule has 17 heavy (non-hydrogen) atoms. The Morgan fingerprint density at radius 1 is 1.35 bits per heavy atom. The van der Waals surface area contributed by atoms with Crippen molar-refractivity contribution in [3.05, 3.63) is 0 Å². The van der Waals surface area contributed by atoms with Gasteiger partial charge in [0, 0.05) is 0 Å². The van der Waals surface area contributed by atoms with Gasteiger partial charge in [0.15, 0.2) is 0 Å². The van der Waals surface area contributed by atoms with E-state index in [0.717, 1.165) is 25.3 Å². The highest BCUT2D eigenvalue weighted by molar-refractivity contribution is 5.71. The molecule has 1 unspecified atom stereocenters. The van der Waals surface area contributed by atoms with E-state index in [1.54, 1.807) is 0 Å². The van der Waals surface area contributed by atoms with Crippen LogP contribution in [0, 0.1) is 5.92 Å². The van der Waals surface area contributed by atoms with E-state index in [1.165, 1.54) is 32.1 Å². The average molecular weight is 241 g/mol. The summed E-state index contributed by atoms with van der Waals surface area (Å²) in [6.07, 6.45) is 8.64. The Bertz CT molecular complexity index is 214. The molecule has 0 aromatic rings. The molecular formula is C14H27NO2. The first kappa shape index (κ1) is 14.5. The maximum absolute atomic E-state index is 11.5. The first-order valence-corrected chi connectivity index (χ1v) is 7.12. The minimum atomic E-state index is -0.103. The van der Waals surface area contributed by atoms with Gasteiger partial charge in [-0.3, -0.25) is 4.79 Å². The normalized spacial score (nSPS) is 16.8. The lowest BCUT2D eigenvalue weighted by molar-refractivity contribution is -0.147. The van der Waals surface area contributed by atoms with Crippen LogP contribution in [0.3, 0.4) is 0 Å². The van der Waals surface area contributed by atoms with E-state index in [-0.39, 0.29) is 12.1 Å². The number of unbranched alkanes of at least 4 members (excludes halogenated alkanes) is 3. The minimum Gasteiger partial charge on any atom is -0.462 e. The maximum atomic E-state index is 11.5. The fraction of sp³-hybridized carbons (Fsp3) is 0.929. The molecule has 3 nitrogen and oxygen atoms in total. The summed E-state index contributed by atoms with van der Waals surface area (Å²) in [5.41, 5.74) is 0. The third kappa shape index (κ3) is 8.19. The van der Waals surface area contributed by atoms with Gasteiger partial charge in [-0.15, -0.1) is 0 Å². The number of hydrogen-bond acceptors (Lipinski definition) is 3. The van der Waals surface area contributed by atoms with Gasteiger partial charge in [-0.1, -0.05) is 26.2 Å². The van der Waals surface area contributed by atoms with Crippen LogP contribution < -0.4 is 5.32 Å². The predicted octanol–water partition coefficient (Wildman–Crippen LogP) is 2.89. The molecule has 0 aliphatic heterocycles. The summed E-state index contributed by atoms with van der Waals surface area (Å²) in [7, 11) is 0. The van der Waals surface area contributed by atoms with Crippen molar-refractivity contribution < 1.29 is 9.53 Å². The molecule has 1 N–H and O–H groups in total. The van der Waals surface area contributed by atoms with Gasteiger partial charge in [0.25, 0.3) is 0 Å². The Balaban J connectivity index is 1.91. The minimum absolute atomic E-state index is 0.0714. The Morgan fingerprint density at radius 3 is 2.76 bits per heavy atom. The van der Waals surface area contributed by atoms with Gasteiger partial charge < -0.3 is 10.1 Å². The summed E-state index contributed by atoms with van der Waals surface area (Å²) >= 11 is 0. The molecule has 0 aromatic carbocycles. The number of hydrogen-bond donors (Lipinski definition) is 1. The topological polar surface area (TPSA) is 38.3 Å². The van der Waals surface area contributed by atoms with E-state index in [0.29, 0.717) is 6.54 Å². The van der Waals surface area contributed by atoms with E-state index in [9.17, 15) is 4.79 Å². The van der Waals surface area contributed by atoms with Crippen molar-refractivity contribution in [2.24, 2.45) is 5.92 Å². The average Bonchev–Trinajstić information content (AvgIpc) is 3.08. The molecule has 1 aliphatic carbocycles. The molecule has 0 amide bonds. The van der Waals surface area contributed by atoms with Crippen molar-refractivity contribution in [3.8, 4) is 0 Å². The smallest absolute Gasteiger partial charge is 0.320 e. The second kappa shape index (κ2) is 8.51. The van der Waals surface area contributed by atoms with Crippen LogP contribution in [0.1, 0.15) is 58.8 Å². The van der Waals surface area contributed by atoms with Gasteiger partial charge in [-0.25, -0.2) is 0 Å². The number of carbonyl (C=O) groups excluding carboxylic acids is 1. The van der Waals surface area contributed by atoms with Crippen LogP contribution in [0.4, 0.5) is 0 Å². The molecule has 1 aliphatic rings. The zero-order chi connectivity index (χ0) is 12.5. The van der Waals surface area contributed by atoms with Crippen LogP contribution in [-0.2, 0) is 9.53 Å². The quantitative estimate of drug-likeness (QED) is 0.472.